The van der Waals surface area contributed by atoms with Gasteiger partial charge in [-0.1, -0.05) is 24.3 Å². The monoisotopic (exact) mass is 283 g/mol. The van der Waals surface area contributed by atoms with Crippen LogP contribution >= 0.6 is 0 Å². The van der Waals surface area contributed by atoms with Crippen molar-refractivity contribution in [3.05, 3.63) is 53.6 Å². The molecular formula is C17H17NO3. The topological polar surface area (TPSA) is 47.6 Å². The fraction of sp³-hybridized carbons (Fsp3) is 0.235. The molecule has 0 aliphatic carbocycles. The number of ketones is 1. The summed E-state index contributed by atoms with van der Waals surface area (Å²) in [5.41, 5.74) is 2.67. The lowest BCUT2D eigenvalue weighted by Gasteiger charge is -2.16. The number of hydrogen-bond donors (Lipinski definition) is 1. The highest BCUT2D eigenvalue weighted by atomic mass is 16.5. The molecule has 1 N–H and O–H groups in total. The molecule has 0 saturated carbocycles. The van der Waals surface area contributed by atoms with Crippen LogP contribution in [-0.2, 0) is 6.42 Å². The average molecular weight is 283 g/mol. The van der Waals surface area contributed by atoms with E-state index in [9.17, 15) is 4.79 Å². The first-order valence-corrected chi connectivity index (χ1v) is 6.84. The van der Waals surface area contributed by atoms with Crippen LogP contribution in [0.5, 0.6) is 11.5 Å². The summed E-state index contributed by atoms with van der Waals surface area (Å²) in [6.07, 6.45) is 0.677. The number of ether oxygens (including phenoxy) is 2. The Labute approximate surface area is 123 Å². The minimum absolute atomic E-state index is 0.0134. The SMILES string of the molecule is COc1cccc(OC)c1C(=O)C1Cc2ccccc2N1. The third kappa shape index (κ3) is 2.33. The summed E-state index contributed by atoms with van der Waals surface area (Å²) in [4.78, 5) is 12.9. The molecule has 2 aromatic carbocycles. The highest BCUT2D eigenvalue weighted by molar-refractivity contribution is 6.07. The van der Waals surface area contributed by atoms with Crippen LogP contribution in [0, 0.1) is 0 Å². The third-order valence-corrected chi connectivity index (χ3v) is 3.76. The normalized spacial score (nSPS) is 16.0. The minimum Gasteiger partial charge on any atom is -0.496 e. The van der Waals surface area contributed by atoms with Gasteiger partial charge in [-0.15, -0.1) is 0 Å². The summed E-state index contributed by atoms with van der Waals surface area (Å²) in [5.74, 6) is 1.06. The van der Waals surface area contributed by atoms with Crippen molar-refractivity contribution >= 4 is 11.5 Å². The second-order valence-corrected chi connectivity index (χ2v) is 4.96. The molecule has 4 nitrogen and oxygen atoms in total. The van der Waals surface area contributed by atoms with E-state index in [4.69, 9.17) is 9.47 Å². The van der Waals surface area contributed by atoms with Gasteiger partial charge in [0.15, 0.2) is 5.78 Å². The molecule has 1 aliphatic rings. The smallest absolute Gasteiger partial charge is 0.192 e. The zero-order valence-corrected chi connectivity index (χ0v) is 12.1. The molecule has 2 aromatic rings. The summed E-state index contributed by atoms with van der Waals surface area (Å²) in [6, 6.07) is 13.0. The van der Waals surface area contributed by atoms with E-state index in [1.165, 1.54) is 0 Å². The molecule has 0 aromatic heterocycles. The Balaban J connectivity index is 1.94. The first kappa shape index (κ1) is 13.5. The summed E-state index contributed by atoms with van der Waals surface area (Å²) < 4.78 is 10.6. The molecular weight excluding hydrogens is 266 g/mol. The predicted octanol–water partition coefficient (Wildman–Crippen LogP) is 2.92. The van der Waals surface area contributed by atoms with E-state index in [1.54, 1.807) is 26.4 Å². The molecule has 108 valence electrons. The van der Waals surface area contributed by atoms with Crippen molar-refractivity contribution in [1.29, 1.82) is 0 Å². The molecule has 0 amide bonds. The number of nitrogens with one attached hydrogen (secondary N) is 1. The van der Waals surface area contributed by atoms with E-state index >= 15 is 0 Å². The van der Waals surface area contributed by atoms with E-state index in [1.807, 2.05) is 30.3 Å². The summed E-state index contributed by atoms with van der Waals surface area (Å²) >= 11 is 0. The van der Waals surface area contributed by atoms with Gasteiger partial charge in [0, 0.05) is 12.1 Å². The fourth-order valence-corrected chi connectivity index (χ4v) is 2.72. The van der Waals surface area contributed by atoms with Gasteiger partial charge in [-0.3, -0.25) is 4.79 Å². The molecule has 0 saturated heterocycles. The van der Waals surface area contributed by atoms with Crippen molar-refractivity contribution in [1.82, 2.24) is 0 Å². The van der Waals surface area contributed by atoms with Gasteiger partial charge in [-0.05, 0) is 23.8 Å². The second kappa shape index (κ2) is 5.48. The molecule has 1 atom stereocenters. The molecule has 1 aliphatic heterocycles. The lowest BCUT2D eigenvalue weighted by molar-refractivity contribution is 0.0965. The zero-order valence-electron chi connectivity index (χ0n) is 12.1. The Kier molecular flexibility index (Phi) is 3.52. The Bertz CT molecular complexity index is 634. The Morgan fingerprint density at radius 3 is 2.33 bits per heavy atom. The Morgan fingerprint density at radius 1 is 1.05 bits per heavy atom. The van der Waals surface area contributed by atoms with Crippen molar-refractivity contribution in [3.63, 3.8) is 0 Å². The van der Waals surface area contributed by atoms with Gasteiger partial charge in [0.25, 0.3) is 0 Å². The first-order valence-electron chi connectivity index (χ1n) is 6.84. The van der Waals surface area contributed by atoms with Crippen molar-refractivity contribution in [2.24, 2.45) is 0 Å². The second-order valence-electron chi connectivity index (χ2n) is 4.96. The summed E-state index contributed by atoms with van der Waals surface area (Å²) in [7, 11) is 3.12. The first-order chi connectivity index (χ1) is 10.2. The average Bonchev–Trinajstić information content (AvgIpc) is 2.97. The van der Waals surface area contributed by atoms with Crippen LogP contribution in [0.3, 0.4) is 0 Å². The largest absolute Gasteiger partial charge is 0.496 e. The van der Waals surface area contributed by atoms with Crippen LogP contribution in [0.2, 0.25) is 0 Å². The van der Waals surface area contributed by atoms with Crippen LogP contribution in [0.25, 0.3) is 0 Å². The van der Waals surface area contributed by atoms with E-state index in [2.05, 4.69) is 5.32 Å². The maximum Gasteiger partial charge on any atom is 0.192 e. The maximum atomic E-state index is 12.9. The zero-order chi connectivity index (χ0) is 14.8. The van der Waals surface area contributed by atoms with Crippen LogP contribution in [-0.4, -0.2) is 26.0 Å². The van der Waals surface area contributed by atoms with E-state index in [0.29, 0.717) is 23.5 Å². The minimum atomic E-state index is -0.285. The molecule has 0 fully saturated rings. The molecule has 21 heavy (non-hydrogen) atoms. The van der Waals surface area contributed by atoms with Crippen molar-refractivity contribution in [2.75, 3.05) is 19.5 Å². The third-order valence-electron chi connectivity index (χ3n) is 3.76. The van der Waals surface area contributed by atoms with Gasteiger partial charge in [-0.25, -0.2) is 0 Å². The van der Waals surface area contributed by atoms with Crippen LogP contribution in [0.15, 0.2) is 42.5 Å². The van der Waals surface area contributed by atoms with E-state index in [0.717, 1.165) is 11.3 Å². The molecule has 0 bridgehead atoms. The number of para-hydroxylation sites is 1. The van der Waals surface area contributed by atoms with E-state index in [-0.39, 0.29) is 11.8 Å². The predicted molar refractivity (Wildman–Crippen MR) is 81.4 cm³/mol. The number of methoxy groups -OCH3 is 2. The number of benzene rings is 2. The van der Waals surface area contributed by atoms with Gasteiger partial charge in [-0.2, -0.15) is 0 Å². The quantitative estimate of drug-likeness (QED) is 0.876. The van der Waals surface area contributed by atoms with Crippen LogP contribution in [0.4, 0.5) is 5.69 Å². The van der Waals surface area contributed by atoms with Gasteiger partial charge in [0.2, 0.25) is 0 Å². The number of fused-ring (bicyclic) bond motifs is 1. The molecule has 1 unspecified atom stereocenters. The number of carbonyl (C=O) groups excluding carboxylic acids is 1. The Hall–Kier alpha value is -2.49. The Morgan fingerprint density at radius 2 is 1.71 bits per heavy atom. The summed E-state index contributed by atoms with van der Waals surface area (Å²) in [6.45, 7) is 0. The summed E-state index contributed by atoms with van der Waals surface area (Å²) in [5, 5.41) is 3.27. The molecule has 1 heterocycles. The number of carbonyl (C=O) groups is 1. The standard InChI is InChI=1S/C17H17NO3/c1-20-14-8-5-9-15(21-2)16(14)17(19)13-10-11-6-3-4-7-12(11)18-13/h3-9,13,18H,10H2,1-2H3. The van der Waals surface area contributed by atoms with Gasteiger partial charge in [0.05, 0.1) is 20.3 Å². The van der Waals surface area contributed by atoms with Crippen molar-refractivity contribution in [2.45, 2.75) is 12.5 Å². The highest BCUT2D eigenvalue weighted by Gasteiger charge is 2.30. The van der Waals surface area contributed by atoms with Crippen molar-refractivity contribution < 1.29 is 14.3 Å². The maximum absolute atomic E-state index is 12.9. The van der Waals surface area contributed by atoms with Gasteiger partial charge in [0.1, 0.15) is 17.1 Å². The molecule has 3 rings (SSSR count). The number of hydrogen-bond acceptors (Lipinski definition) is 4. The number of Topliss-reactive ketones (excluding diaryl/α,β-unsaturated/α-hetero) is 1. The van der Waals surface area contributed by atoms with Gasteiger partial charge < -0.3 is 14.8 Å². The lowest BCUT2D eigenvalue weighted by atomic mass is 9.99. The molecule has 4 heteroatoms. The van der Waals surface area contributed by atoms with E-state index < -0.39 is 0 Å². The van der Waals surface area contributed by atoms with Crippen molar-refractivity contribution in [3.8, 4) is 11.5 Å². The fourth-order valence-electron chi connectivity index (χ4n) is 2.72. The molecule has 0 spiro atoms. The number of rotatable bonds is 4. The van der Waals surface area contributed by atoms with Crippen LogP contribution < -0.4 is 14.8 Å². The highest BCUT2D eigenvalue weighted by Crippen LogP contribution is 2.33. The van der Waals surface area contributed by atoms with Gasteiger partial charge >= 0.3 is 0 Å². The number of anilines is 1. The van der Waals surface area contributed by atoms with Crippen LogP contribution in [0.1, 0.15) is 15.9 Å². The molecule has 0 radical (unpaired) electrons. The lowest BCUT2D eigenvalue weighted by Crippen LogP contribution is -2.27.